The van der Waals surface area contributed by atoms with Crippen molar-refractivity contribution in [1.29, 1.82) is 0 Å². The minimum Gasteiger partial charge on any atom is -0.453 e. The van der Waals surface area contributed by atoms with Crippen molar-refractivity contribution in [2.75, 3.05) is 0 Å². The van der Waals surface area contributed by atoms with Crippen LogP contribution >= 0.6 is 0 Å². The van der Waals surface area contributed by atoms with Crippen LogP contribution in [0, 0.1) is 11.8 Å². The van der Waals surface area contributed by atoms with E-state index in [9.17, 15) is 0 Å². The van der Waals surface area contributed by atoms with Gasteiger partial charge in [-0.2, -0.15) is 0 Å². The summed E-state index contributed by atoms with van der Waals surface area (Å²) in [6.45, 7) is 9.08. The molecule has 3 nitrogen and oxygen atoms in total. The zero-order valence-electron chi connectivity index (χ0n) is 17.1. The Morgan fingerprint density at radius 2 is 1.57 bits per heavy atom. The highest BCUT2D eigenvalue weighted by molar-refractivity contribution is 5.82. The smallest absolute Gasteiger partial charge is 0.180 e. The van der Waals surface area contributed by atoms with Gasteiger partial charge in [0.25, 0.3) is 0 Å². The molecule has 0 saturated heterocycles. The van der Waals surface area contributed by atoms with Gasteiger partial charge in [0.15, 0.2) is 11.6 Å². The van der Waals surface area contributed by atoms with Gasteiger partial charge in [0.05, 0.1) is 5.69 Å². The largest absolute Gasteiger partial charge is 0.453 e. The fraction of sp³-hybridized carbons (Fsp3) is 0.320. The minimum atomic E-state index is 0.589. The van der Waals surface area contributed by atoms with Crippen molar-refractivity contribution < 1.29 is 4.42 Å². The van der Waals surface area contributed by atoms with Crippen LogP contribution in [0.5, 0.6) is 0 Å². The number of furan rings is 1. The third kappa shape index (κ3) is 3.62. The molecule has 0 aliphatic rings. The van der Waals surface area contributed by atoms with Crippen LogP contribution < -0.4 is 0 Å². The molecular weight excluding hydrogens is 344 g/mol. The Labute approximate surface area is 167 Å². The second-order valence-electron chi connectivity index (χ2n) is 8.39. The number of aromatic nitrogens is 2. The van der Waals surface area contributed by atoms with Crippen molar-refractivity contribution >= 4 is 11.0 Å². The lowest BCUT2D eigenvalue weighted by Gasteiger charge is -2.19. The summed E-state index contributed by atoms with van der Waals surface area (Å²) in [5, 5.41) is 1.10. The highest BCUT2D eigenvalue weighted by atomic mass is 16.3. The molecule has 0 bridgehead atoms. The van der Waals surface area contributed by atoms with Gasteiger partial charge in [-0.25, -0.2) is 4.98 Å². The number of hydrogen-bond donors (Lipinski definition) is 0. The van der Waals surface area contributed by atoms with E-state index in [1.807, 2.05) is 24.4 Å². The Bertz CT molecular complexity index is 1020. The number of para-hydroxylation sites is 2. The maximum Gasteiger partial charge on any atom is 0.180 e. The van der Waals surface area contributed by atoms with Crippen molar-refractivity contribution in [3.8, 4) is 17.3 Å². The van der Waals surface area contributed by atoms with Gasteiger partial charge in [0.1, 0.15) is 5.58 Å². The maximum atomic E-state index is 6.13. The molecule has 0 amide bonds. The van der Waals surface area contributed by atoms with Gasteiger partial charge in [-0.1, -0.05) is 64.1 Å². The van der Waals surface area contributed by atoms with Crippen LogP contribution in [0.1, 0.15) is 38.8 Å². The van der Waals surface area contributed by atoms with E-state index in [2.05, 4.69) is 73.8 Å². The fourth-order valence-electron chi connectivity index (χ4n) is 3.92. The normalized spacial score (nSPS) is 11.8. The van der Waals surface area contributed by atoms with Crippen molar-refractivity contribution in [1.82, 2.24) is 9.55 Å². The highest BCUT2D eigenvalue weighted by Crippen LogP contribution is 2.32. The molecule has 2 aromatic heterocycles. The summed E-state index contributed by atoms with van der Waals surface area (Å²) in [5.41, 5.74) is 4.88. The molecule has 3 heteroatoms. The summed E-state index contributed by atoms with van der Waals surface area (Å²) in [6, 6.07) is 16.9. The van der Waals surface area contributed by atoms with Gasteiger partial charge in [-0.3, -0.25) is 4.57 Å². The van der Waals surface area contributed by atoms with Crippen molar-refractivity contribution in [3.05, 3.63) is 72.1 Å². The third-order valence-corrected chi connectivity index (χ3v) is 4.99. The highest BCUT2D eigenvalue weighted by Gasteiger charge is 2.18. The van der Waals surface area contributed by atoms with Gasteiger partial charge in [0, 0.05) is 17.8 Å². The van der Waals surface area contributed by atoms with Crippen LogP contribution in [0.25, 0.3) is 28.2 Å². The number of imidazole rings is 1. The number of fused-ring (bicyclic) bond motifs is 1. The average molecular weight is 373 g/mol. The maximum absolute atomic E-state index is 6.13. The van der Waals surface area contributed by atoms with E-state index in [0.29, 0.717) is 11.8 Å². The Morgan fingerprint density at radius 1 is 0.893 bits per heavy atom. The summed E-state index contributed by atoms with van der Waals surface area (Å²) in [6.07, 6.45) is 6.01. The molecule has 0 radical (unpaired) electrons. The lowest BCUT2D eigenvalue weighted by Crippen LogP contribution is -2.09. The summed E-state index contributed by atoms with van der Waals surface area (Å²) in [4.78, 5) is 4.67. The van der Waals surface area contributed by atoms with Crippen molar-refractivity contribution in [3.63, 3.8) is 0 Å². The minimum absolute atomic E-state index is 0.589. The Hall–Kier alpha value is -2.81. The van der Waals surface area contributed by atoms with E-state index >= 15 is 0 Å². The fourth-order valence-corrected chi connectivity index (χ4v) is 3.92. The van der Waals surface area contributed by atoms with Crippen LogP contribution in [0.4, 0.5) is 0 Å². The molecular formula is C25H28N2O. The van der Waals surface area contributed by atoms with E-state index in [4.69, 9.17) is 4.42 Å². The Morgan fingerprint density at radius 3 is 2.21 bits per heavy atom. The van der Waals surface area contributed by atoms with E-state index in [-0.39, 0.29) is 0 Å². The van der Waals surface area contributed by atoms with Gasteiger partial charge in [-0.05, 0) is 47.9 Å². The van der Waals surface area contributed by atoms with Crippen LogP contribution in [-0.4, -0.2) is 9.55 Å². The molecule has 28 heavy (non-hydrogen) atoms. The standard InChI is InChI=1S/C25H28N2O/c1-17(2)14-20-9-7-10-21(15-18(3)4)24(20)27-13-12-26-25(27)23-16-19-8-5-6-11-22(19)28-23/h5-13,16-18H,14-15H2,1-4H3. The zero-order chi connectivity index (χ0) is 19.7. The van der Waals surface area contributed by atoms with Crippen LogP contribution in [-0.2, 0) is 12.8 Å². The predicted octanol–water partition coefficient (Wildman–Crippen LogP) is 6.68. The van der Waals surface area contributed by atoms with Crippen molar-refractivity contribution in [2.24, 2.45) is 11.8 Å². The molecule has 0 fully saturated rings. The Kier molecular flexibility index (Phi) is 5.08. The molecule has 144 valence electrons. The third-order valence-electron chi connectivity index (χ3n) is 4.99. The molecule has 2 heterocycles. The topological polar surface area (TPSA) is 31.0 Å². The van der Waals surface area contributed by atoms with E-state index in [1.165, 1.54) is 16.8 Å². The van der Waals surface area contributed by atoms with Crippen LogP contribution in [0.3, 0.4) is 0 Å². The number of hydrogen-bond acceptors (Lipinski definition) is 2. The monoisotopic (exact) mass is 372 g/mol. The van der Waals surface area contributed by atoms with Crippen LogP contribution in [0.2, 0.25) is 0 Å². The van der Waals surface area contributed by atoms with E-state index in [1.54, 1.807) is 0 Å². The molecule has 2 aromatic carbocycles. The average Bonchev–Trinajstić information content (AvgIpc) is 3.27. The quantitative estimate of drug-likeness (QED) is 0.378. The van der Waals surface area contributed by atoms with Gasteiger partial charge >= 0.3 is 0 Å². The van der Waals surface area contributed by atoms with E-state index < -0.39 is 0 Å². The molecule has 4 rings (SSSR count). The molecule has 0 atom stereocenters. The SMILES string of the molecule is CC(C)Cc1cccc(CC(C)C)c1-n1ccnc1-c1cc2ccccc2o1. The molecule has 0 aliphatic heterocycles. The molecule has 0 unspecified atom stereocenters. The second kappa shape index (κ2) is 7.67. The summed E-state index contributed by atoms with van der Waals surface area (Å²) in [7, 11) is 0. The molecule has 0 spiro atoms. The number of rotatable bonds is 6. The van der Waals surface area contributed by atoms with Crippen molar-refractivity contribution in [2.45, 2.75) is 40.5 Å². The van der Waals surface area contributed by atoms with Crippen LogP contribution in [0.15, 0.2) is 65.3 Å². The number of benzene rings is 2. The lowest BCUT2D eigenvalue weighted by atomic mass is 9.94. The summed E-state index contributed by atoms with van der Waals surface area (Å²) >= 11 is 0. The van der Waals surface area contributed by atoms with Gasteiger partial charge in [0.2, 0.25) is 0 Å². The summed E-state index contributed by atoms with van der Waals surface area (Å²) < 4.78 is 8.35. The lowest BCUT2D eigenvalue weighted by molar-refractivity contribution is 0.618. The first-order valence-corrected chi connectivity index (χ1v) is 10.2. The first kappa shape index (κ1) is 18.5. The first-order chi connectivity index (χ1) is 13.5. The number of nitrogens with zero attached hydrogens (tertiary/aromatic N) is 2. The first-order valence-electron chi connectivity index (χ1n) is 10.2. The zero-order valence-corrected chi connectivity index (χ0v) is 17.1. The second-order valence-corrected chi connectivity index (χ2v) is 8.39. The molecule has 4 aromatic rings. The van der Waals surface area contributed by atoms with Gasteiger partial charge in [-0.15, -0.1) is 0 Å². The van der Waals surface area contributed by atoms with Gasteiger partial charge < -0.3 is 4.42 Å². The summed E-state index contributed by atoms with van der Waals surface area (Å²) in [5.74, 6) is 2.84. The predicted molar refractivity (Wildman–Crippen MR) is 116 cm³/mol. The molecule has 0 aliphatic carbocycles. The van der Waals surface area contributed by atoms with E-state index in [0.717, 1.165) is 35.4 Å². The molecule has 0 saturated carbocycles. The molecule has 0 N–H and O–H groups in total. The Balaban J connectivity index is 1.89.